The molecule has 0 saturated carbocycles. The molecular formula is C17H22N4O3S. The minimum Gasteiger partial charge on any atom is -0.448 e. The Hall–Kier alpha value is -1.77. The third-order valence-electron chi connectivity index (χ3n) is 5.01. The largest absolute Gasteiger partial charge is 0.448 e. The average molecular weight is 362 g/mol. The second-order valence-electron chi connectivity index (χ2n) is 6.76. The average Bonchev–Trinajstić information content (AvgIpc) is 3.28. The molecule has 2 fully saturated rings. The van der Waals surface area contributed by atoms with Gasteiger partial charge in [0, 0.05) is 44.2 Å². The number of carbonyl (C=O) groups excluding carboxylic acids is 1. The number of likely N-dealkylation sites (tertiary alicyclic amines) is 1. The van der Waals surface area contributed by atoms with E-state index in [1.807, 2.05) is 11.1 Å². The molecule has 0 bridgehead atoms. The Morgan fingerprint density at radius 2 is 2.20 bits per heavy atom. The molecule has 2 aromatic heterocycles. The highest BCUT2D eigenvalue weighted by Crippen LogP contribution is 2.31. The molecule has 2 aromatic rings. The molecule has 0 N–H and O–H groups in total. The van der Waals surface area contributed by atoms with Crippen LogP contribution in [0.3, 0.4) is 0 Å². The first-order valence-electron chi connectivity index (χ1n) is 8.61. The van der Waals surface area contributed by atoms with Crippen molar-refractivity contribution in [2.75, 3.05) is 32.8 Å². The Labute approximate surface area is 150 Å². The van der Waals surface area contributed by atoms with Gasteiger partial charge in [0.25, 0.3) is 5.91 Å². The highest BCUT2D eigenvalue weighted by Gasteiger charge is 2.41. The van der Waals surface area contributed by atoms with Gasteiger partial charge < -0.3 is 14.1 Å². The first-order chi connectivity index (χ1) is 12.1. The van der Waals surface area contributed by atoms with E-state index in [1.54, 1.807) is 18.5 Å². The van der Waals surface area contributed by atoms with E-state index >= 15 is 0 Å². The van der Waals surface area contributed by atoms with Gasteiger partial charge in [0.15, 0.2) is 11.6 Å². The molecule has 4 heterocycles. The predicted molar refractivity (Wildman–Crippen MR) is 92.5 cm³/mol. The molecule has 4 rings (SSSR count). The van der Waals surface area contributed by atoms with E-state index < -0.39 is 0 Å². The smallest absolute Gasteiger partial charge is 0.275 e. The van der Waals surface area contributed by atoms with Crippen molar-refractivity contribution >= 4 is 17.4 Å². The quantitative estimate of drug-likeness (QED) is 0.831. The fraction of sp³-hybridized carbons (Fsp3) is 0.588. The summed E-state index contributed by atoms with van der Waals surface area (Å²) < 4.78 is 15.5. The van der Waals surface area contributed by atoms with Crippen molar-refractivity contribution in [2.45, 2.75) is 31.9 Å². The lowest BCUT2D eigenvalue weighted by Gasteiger charge is -2.47. The van der Waals surface area contributed by atoms with Crippen LogP contribution >= 0.6 is 11.5 Å². The van der Waals surface area contributed by atoms with E-state index in [0.717, 1.165) is 32.5 Å². The van der Waals surface area contributed by atoms with Crippen LogP contribution in [0.15, 0.2) is 22.9 Å². The molecule has 0 unspecified atom stereocenters. The second kappa shape index (κ2) is 6.86. The zero-order chi connectivity index (χ0) is 17.3. The topological polar surface area (TPSA) is 71.7 Å². The Morgan fingerprint density at radius 1 is 1.36 bits per heavy atom. The van der Waals surface area contributed by atoms with Crippen molar-refractivity contribution in [1.82, 2.24) is 19.2 Å². The highest BCUT2D eigenvalue weighted by molar-refractivity contribution is 7.05. The molecule has 25 heavy (non-hydrogen) atoms. The number of ether oxygens (including phenoxy) is 1. The van der Waals surface area contributed by atoms with Gasteiger partial charge in [-0.2, -0.15) is 0 Å². The van der Waals surface area contributed by atoms with Crippen LogP contribution in [-0.4, -0.2) is 63.5 Å². The lowest BCUT2D eigenvalue weighted by Crippen LogP contribution is -2.57. The fourth-order valence-electron chi connectivity index (χ4n) is 3.61. The van der Waals surface area contributed by atoms with Crippen LogP contribution in [0.5, 0.6) is 0 Å². The number of nitrogens with zero attached hydrogens (tertiary/aromatic N) is 4. The van der Waals surface area contributed by atoms with Gasteiger partial charge in [-0.3, -0.25) is 9.69 Å². The fourth-order valence-corrected chi connectivity index (χ4v) is 4.23. The van der Waals surface area contributed by atoms with Gasteiger partial charge in [0.05, 0.1) is 18.8 Å². The number of rotatable bonds is 3. The number of morpholine rings is 1. The molecule has 0 aliphatic carbocycles. The maximum atomic E-state index is 12.6. The van der Waals surface area contributed by atoms with Gasteiger partial charge >= 0.3 is 0 Å². The highest BCUT2D eigenvalue weighted by atomic mass is 32.1. The van der Waals surface area contributed by atoms with Gasteiger partial charge in [0.2, 0.25) is 0 Å². The number of piperidine rings is 1. The molecule has 7 nitrogen and oxygen atoms in total. The van der Waals surface area contributed by atoms with Crippen molar-refractivity contribution < 1.29 is 13.9 Å². The van der Waals surface area contributed by atoms with Gasteiger partial charge in [-0.25, -0.2) is 9.36 Å². The SMILES string of the molecule is Cc1nc(C(=O)N2CCOC3(CCN(Cc4ccns4)CC3)C2)co1. The zero-order valence-electron chi connectivity index (χ0n) is 14.3. The third-order valence-corrected chi connectivity index (χ3v) is 5.74. The van der Waals surface area contributed by atoms with E-state index in [2.05, 4.69) is 20.3 Å². The number of carbonyl (C=O) groups is 1. The first-order valence-corrected chi connectivity index (χ1v) is 9.38. The molecule has 0 aromatic carbocycles. The van der Waals surface area contributed by atoms with Crippen LogP contribution in [0.1, 0.15) is 34.1 Å². The predicted octanol–water partition coefficient (Wildman–Crippen LogP) is 1.95. The summed E-state index contributed by atoms with van der Waals surface area (Å²) in [6.45, 7) is 6.46. The Balaban J connectivity index is 1.37. The molecule has 2 aliphatic rings. The van der Waals surface area contributed by atoms with E-state index in [1.165, 1.54) is 11.1 Å². The van der Waals surface area contributed by atoms with Crippen molar-refractivity contribution in [3.8, 4) is 0 Å². The molecule has 8 heteroatoms. The molecule has 2 aliphatic heterocycles. The standard InChI is InChI=1S/C17H22N4O3S/c1-13-19-15(11-23-13)16(22)21-8-9-24-17(12-21)3-6-20(7-4-17)10-14-2-5-18-25-14/h2,5,11H,3-4,6-10,12H2,1H3. The summed E-state index contributed by atoms with van der Waals surface area (Å²) in [6, 6.07) is 2.08. The minimum absolute atomic E-state index is 0.0633. The maximum absolute atomic E-state index is 12.6. The zero-order valence-corrected chi connectivity index (χ0v) is 15.1. The van der Waals surface area contributed by atoms with Crippen molar-refractivity contribution in [2.24, 2.45) is 0 Å². The van der Waals surface area contributed by atoms with Crippen molar-refractivity contribution in [1.29, 1.82) is 0 Å². The monoisotopic (exact) mass is 362 g/mol. The summed E-state index contributed by atoms with van der Waals surface area (Å²) in [7, 11) is 0. The Kier molecular flexibility index (Phi) is 4.58. The molecule has 134 valence electrons. The van der Waals surface area contributed by atoms with Gasteiger partial charge in [-0.1, -0.05) is 0 Å². The van der Waals surface area contributed by atoms with E-state index in [0.29, 0.717) is 31.3 Å². The summed E-state index contributed by atoms with van der Waals surface area (Å²) in [5.74, 6) is 0.453. The first kappa shape index (κ1) is 16.7. The summed E-state index contributed by atoms with van der Waals surface area (Å²) >= 11 is 1.56. The number of amides is 1. The summed E-state index contributed by atoms with van der Waals surface area (Å²) in [4.78, 5) is 22.4. The van der Waals surface area contributed by atoms with Crippen LogP contribution in [-0.2, 0) is 11.3 Å². The van der Waals surface area contributed by atoms with Crippen LogP contribution in [0.4, 0.5) is 0 Å². The van der Waals surface area contributed by atoms with Gasteiger partial charge in [-0.05, 0) is 30.4 Å². The number of aromatic nitrogens is 2. The molecule has 1 amide bonds. The van der Waals surface area contributed by atoms with Crippen molar-refractivity contribution in [3.63, 3.8) is 0 Å². The number of oxazole rings is 1. The van der Waals surface area contributed by atoms with E-state index in [-0.39, 0.29) is 11.5 Å². The van der Waals surface area contributed by atoms with Gasteiger partial charge in [-0.15, -0.1) is 0 Å². The van der Waals surface area contributed by atoms with Crippen LogP contribution < -0.4 is 0 Å². The lowest BCUT2D eigenvalue weighted by atomic mass is 9.89. The minimum atomic E-state index is -0.225. The van der Waals surface area contributed by atoms with Crippen LogP contribution in [0.2, 0.25) is 0 Å². The van der Waals surface area contributed by atoms with Gasteiger partial charge in [0.1, 0.15) is 6.26 Å². The normalized spacial score (nSPS) is 20.9. The Morgan fingerprint density at radius 3 is 2.88 bits per heavy atom. The van der Waals surface area contributed by atoms with E-state index in [4.69, 9.17) is 9.15 Å². The second-order valence-corrected chi connectivity index (χ2v) is 7.68. The van der Waals surface area contributed by atoms with Crippen LogP contribution in [0.25, 0.3) is 0 Å². The molecule has 0 radical (unpaired) electrons. The molecular weight excluding hydrogens is 340 g/mol. The maximum Gasteiger partial charge on any atom is 0.275 e. The molecule has 0 atom stereocenters. The summed E-state index contributed by atoms with van der Waals surface area (Å²) in [5.41, 5.74) is 0.161. The lowest BCUT2D eigenvalue weighted by molar-refractivity contribution is -0.127. The number of hydrogen-bond donors (Lipinski definition) is 0. The number of hydrogen-bond acceptors (Lipinski definition) is 7. The van der Waals surface area contributed by atoms with Crippen molar-refractivity contribution in [3.05, 3.63) is 35.0 Å². The van der Waals surface area contributed by atoms with Crippen LogP contribution in [0, 0.1) is 6.92 Å². The number of aryl methyl sites for hydroxylation is 1. The summed E-state index contributed by atoms with van der Waals surface area (Å²) in [5, 5.41) is 0. The third kappa shape index (κ3) is 3.61. The Bertz CT molecular complexity index is 722. The van der Waals surface area contributed by atoms with E-state index in [9.17, 15) is 4.79 Å². The summed E-state index contributed by atoms with van der Waals surface area (Å²) in [6.07, 6.45) is 5.17. The molecule has 2 saturated heterocycles. The molecule has 1 spiro atoms.